The standard InChI is InChI=1S/C20H19N5O2S/c1-12-9-13(2)22-20(21-12)28-11-18-24-15-10-14(6-7-16(15)25(18)3)23-19(26)17-5-4-8-27-17/h4-10H,11H2,1-3H3,(H,23,26). The van der Waals surface area contributed by atoms with Gasteiger partial charge in [0, 0.05) is 24.1 Å². The number of fused-ring (bicyclic) bond motifs is 1. The Balaban J connectivity index is 1.53. The van der Waals surface area contributed by atoms with Gasteiger partial charge in [0.25, 0.3) is 5.91 Å². The van der Waals surface area contributed by atoms with Crippen LogP contribution in [0.1, 0.15) is 27.8 Å². The van der Waals surface area contributed by atoms with Crippen LogP contribution in [-0.4, -0.2) is 25.4 Å². The molecule has 0 aliphatic rings. The van der Waals surface area contributed by atoms with Gasteiger partial charge < -0.3 is 14.3 Å². The molecule has 0 aliphatic heterocycles. The third-order valence-electron chi connectivity index (χ3n) is 4.27. The highest BCUT2D eigenvalue weighted by Gasteiger charge is 2.13. The van der Waals surface area contributed by atoms with Gasteiger partial charge in [-0.1, -0.05) is 11.8 Å². The molecule has 4 aromatic rings. The lowest BCUT2D eigenvalue weighted by atomic mass is 10.2. The number of furan rings is 1. The SMILES string of the molecule is Cc1cc(C)nc(SCc2nc3cc(NC(=O)c4ccco4)ccc3n2C)n1. The van der Waals surface area contributed by atoms with Crippen LogP contribution in [0.3, 0.4) is 0 Å². The molecule has 142 valence electrons. The first-order valence-corrected chi connectivity index (χ1v) is 9.73. The molecule has 0 fully saturated rings. The molecular weight excluding hydrogens is 374 g/mol. The number of benzene rings is 1. The van der Waals surface area contributed by atoms with E-state index in [2.05, 4.69) is 15.3 Å². The Labute approximate surface area is 166 Å². The highest BCUT2D eigenvalue weighted by molar-refractivity contribution is 7.98. The monoisotopic (exact) mass is 393 g/mol. The van der Waals surface area contributed by atoms with E-state index in [-0.39, 0.29) is 11.7 Å². The van der Waals surface area contributed by atoms with E-state index in [1.807, 2.05) is 49.7 Å². The second-order valence-electron chi connectivity index (χ2n) is 6.44. The van der Waals surface area contributed by atoms with Crippen LogP contribution in [0.15, 0.2) is 52.2 Å². The van der Waals surface area contributed by atoms with E-state index in [1.54, 1.807) is 23.9 Å². The van der Waals surface area contributed by atoms with Crippen molar-refractivity contribution in [1.82, 2.24) is 19.5 Å². The molecule has 0 aliphatic carbocycles. The summed E-state index contributed by atoms with van der Waals surface area (Å²) >= 11 is 1.56. The molecular formula is C20H19N5O2S. The maximum atomic E-state index is 12.2. The Morgan fingerprint density at radius 1 is 1.14 bits per heavy atom. The first-order valence-electron chi connectivity index (χ1n) is 8.75. The minimum atomic E-state index is -0.289. The Morgan fingerprint density at radius 3 is 2.64 bits per heavy atom. The van der Waals surface area contributed by atoms with Crippen molar-refractivity contribution in [2.45, 2.75) is 24.8 Å². The number of anilines is 1. The van der Waals surface area contributed by atoms with Crippen molar-refractivity contribution in [3.63, 3.8) is 0 Å². The first kappa shape index (κ1) is 18.2. The third kappa shape index (κ3) is 3.77. The van der Waals surface area contributed by atoms with E-state index in [0.29, 0.717) is 11.4 Å². The highest BCUT2D eigenvalue weighted by atomic mass is 32.2. The Morgan fingerprint density at radius 2 is 1.93 bits per heavy atom. The quantitative estimate of drug-likeness (QED) is 0.405. The fraction of sp³-hybridized carbons (Fsp3) is 0.200. The maximum Gasteiger partial charge on any atom is 0.291 e. The van der Waals surface area contributed by atoms with Crippen molar-refractivity contribution >= 4 is 34.4 Å². The number of hydrogen-bond acceptors (Lipinski definition) is 6. The molecule has 0 bridgehead atoms. The van der Waals surface area contributed by atoms with Gasteiger partial charge in [0.1, 0.15) is 5.82 Å². The summed E-state index contributed by atoms with van der Waals surface area (Å²) in [7, 11) is 1.98. The topological polar surface area (TPSA) is 85.8 Å². The van der Waals surface area contributed by atoms with Crippen LogP contribution in [-0.2, 0) is 12.8 Å². The van der Waals surface area contributed by atoms with E-state index in [1.165, 1.54) is 6.26 Å². The van der Waals surface area contributed by atoms with Crippen LogP contribution in [0.2, 0.25) is 0 Å². The number of aryl methyl sites for hydroxylation is 3. The molecule has 0 unspecified atom stereocenters. The van der Waals surface area contributed by atoms with Crippen LogP contribution < -0.4 is 5.32 Å². The van der Waals surface area contributed by atoms with Gasteiger partial charge in [-0.3, -0.25) is 4.79 Å². The zero-order chi connectivity index (χ0) is 19.7. The number of carbonyl (C=O) groups is 1. The number of carbonyl (C=O) groups excluding carboxylic acids is 1. The van der Waals surface area contributed by atoms with Gasteiger partial charge in [-0.15, -0.1) is 0 Å². The molecule has 8 heteroatoms. The lowest BCUT2D eigenvalue weighted by Crippen LogP contribution is -2.10. The summed E-state index contributed by atoms with van der Waals surface area (Å²) in [5.74, 6) is 1.55. The third-order valence-corrected chi connectivity index (χ3v) is 5.11. The molecule has 1 aromatic carbocycles. The lowest BCUT2D eigenvalue weighted by molar-refractivity contribution is 0.0996. The number of rotatable bonds is 5. The Hall–Kier alpha value is -3.13. The number of amides is 1. The lowest BCUT2D eigenvalue weighted by Gasteiger charge is -2.04. The van der Waals surface area contributed by atoms with Gasteiger partial charge in [0.15, 0.2) is 10.9 Å². The molecule has 0 saturated heterocycles. The van der Waals surface area contributed by atoms with Crippen molar-refractivity contribution in [2.24, 2.45) is 7.05 Å². The average Bonchev–Trinajstić information content (AvgIpc) is 3.28. The molecule has 3 heterocycles. The van der Waals surface area contributed by atoms with Gasteiger partial charge >= 0.3 is 0 Å². The number of nitrogens with zero attached hydrogens (tertiary/aromatic N) is 4. The summed E-state index contributed by atoms with van der Waals surface area (Å²) in [4.78, 5) is 25.8. The van der Waals surface area contributed by atoms with Crippen molar-refractivity contribution < 1.29 is 9.21 Å². The maximum absolute atomic E-state index is 12.2. The molecule has 3 aromatic heterocycles. The molecule has 1 amide bonds. The molecule has 0 atom stereocenters. The summed E-state index contributed by atoms with van der Waals surface area (Å²) in [6, 6.07) is 10.9. The zero-order valence-electron chi connectivity index (χ0n) is 15.8. The van der Waals surface area contributed by atoms with E-state index in [9.17, 15) is 4.79 Å². The molecule has 0 saturated carbocycles. The number of hydrogen-bond donors (Lipinski definition) is 1. The van der Waals surface area contributed by atoms with Gasteiger partial charge in [0.2, 0.25) is 0 Å². The number of nitrogens with one attached hydrogen (secondary N) is 1. The first-order chi connectivity index (χ1) is 13.5. The summed E-state index contributed by atoms with van der Waals surface area (Å²) in [5, 5.41) is 3.57. The van der Waals surface area contributed by atoms with Crippen molar-refractivity contribution in [3.8, 4) is 0 Å². The predicted molar refractivity (Wildman–Crippen MR) is 108 cm³/mol. The smallest absolute Gasteiger partial charge is 0.291 e. The van der Waals surface area contributed by atoms with Crippen LogP contribution in [0, 0.1) is 13.8 Å². The fourth-order valence-electron chi connectivity index (χ4n) is 2.94. The largest absolute Gasteiger partial charge is 0.459 e. The highest BCUT2D eigenvalue weighted by Crippen LogP contribution is 2.24. The second-order valence-corrected chi connectivity index (χ2v) is 7.39. The molecule has 0 spiro atoms. The molecule has 0 radical (unpaired) electrons. The molecule has 1 N–H and O–H groups in total. The van der Waals surface area contributed by atoms with Crippen LogP contribution in [0.25, 0.3) is 11.0 Å². The molecule has 4 rings (SSSR count). The van der Waals surface area contributed by atoms with Crippen LogP contribution in [0.5, 0.6) is 0 Å². The van der Waals surface area contributed by atoms with E-state index < -0.39 is 0 Å². The second kappa shape index (κ2) is 7.47. The summed E-state index contributed by atoms with van der Waals surface area (Å²) in [5.41, 5.74) is 4.39. The number of thioether (sulfide) groups is 1. The van der Waals surface area contributed by atoms with Gasteiger partial charge in [0.05, 0.1) is 23.0 Å². The van der Waals surface area contributed by atoms with E-state index in [4.69, 9.17) is 9.40 Å². The minimum Gasteiger partial charge on any atom is -0.459 e. The van der Waals surface area contributed by atoms with Crippen molar-refractivity contribution in [2.75, 3.05) is 5.32 Å². The minimum absolute atomic E-state index is 0.270. The van der Waals surface area contributed by atoms with Gasteiger partial charge in [-0.25, -0.2) is 15.0 Å². The predicted octanol–water partition coefficient (Wildman–Crippen LogP) is 4.12. The Kier molecular flexibility index (Phi) is 4.87. The van der Waals surface area contributed by atoms with Gasteiger partial charge in [-0.05, 0) is 50.2 Å². The molecule has 28 heavy (non-hydrogen) atoms. The van der Waals surface area contributed by atoms with E-state index >= 15 is 0 Å². The van der Waals surface area contributed by atoms with Crippen molar-refractivity contribution in [3.05, 3.63) is 65.6 Å². The van der Waals surface area contributed by atoms with Crippen LogP contribution in [0.4, 0.5) is 5.69 Å². The van der Waals surface area contributed by atoms with Crippen molar-refractivity contribution in [1.29, 1.82) is 0 Å². The summed E-state index contributed by atoms with van der Waals surface area (Å²) < 4.78 is 7.17. The normalized spacial score (nSPS) is 11.1. The summed E-state index contributed by atoms with van der Waals surface area (Å²) in [6.07, 6.45) is 1.47. The van der Waals surface area contributed by atoms with Crippen LogP contribution >= 0.6 is 11.8 Å². The average molecular weight is 393 g/mol. The van der Waals surface area contributed by atoms with Gasteiger partial charge in [-0.2, -0.15) is 0 Å². The zero-order valence-corrected chi connectivity index (χ0v) is 16.6. The molecule has 7 nitrogen and oxygen atoms in total. The van der Waals surface area contributed by atoms with E-state index in [0.717, 1.165) is 33.4 Å². The fourth-order valence-corrected chi connectivity index (χ4v) is 3.88. The Bertz CT molecular complexity index is 1130. The summed E-state index contributed by atoms with van der Waals surface area (Å²) in [6.45, 7) is 3.93. The number of imidazole rings is 1. The number of aromatic nitrogens is 4.